The molecule has 0 spiro atoms. The molecule has 0 N–H and O–H groups in total. The molecule has 93 heavy (non-hydrogen) atoms. The zero-order chi connectivity index (χ0) is 71.3. The molecule has 0 radical (unpaired) electrons. The van der Waals surface area contributed by atoms with Gasteiger partial charge in [0.15, 0.2) is 95.1 Å². The topological polar surface area (TPSA) is 476 Å². The Kier molecular flexibility index (Phi) is 60.7. The van der Waals surface area contributed by atoms with Crippen LogP contribution in [0.2, 0.25) is 0 Å². The van der Waals surface area contributed by atoms with Gasteiger partial charge in [-0.05, 0) is 77.0 Å². The van der Waals surface area contributed by atoms with Crippen molar-refractivity contribution in [2.75, 3.05) is 26.4 Å². The predicted octanol–water partition coefficient (Wildman–Crippen LogP) is 0.451. The number of hydrogen-bond acceptors (Lipinski definition) is 32. The van der Waals surface area contributed by atoms with Crippen LogP contribution in [-0.2, 0) is 156 Å². The van der Waals surface area contributed by atoms with Crippen LogP contribution in [0.1, 0.15) is 212 Å². The van der Waals surface area contributed by atoms with Gasteiger partial charge in [0.1, 0.15) is 25.7 Å². The fourth-order valence-electron chi connectivity index (χ4n) is 6.45. The van der Waals surface area contributed by atoms with E-state index in [2.05, 4.69) is 0 Å². The minimum atomic E-state index is -1.51. The van der Waals surface area contributed by atoms with Crippen molar-refractivity contribution in [2.45, 2.75) is 260 Å². The van der Waals surface area contributed by atoms with E-state index in [-0.39, 0.29) is 99.5 Å². The molecule has 0 heterocycles. The maximum absolute atomic E-state index is 11.9. The third-order valence-electron chi connectivity index (χ3n) is 11.4. The van der Waals surface area contributed by atoms with Crippen LogP contribution in [0.25, 0.3) is 0 Å². The second-order valence-corrected chi connectivity index (χ2v) is 19.5. The van der Waals surface area contributed by atoms with E-state index in [1.54, 1.807) is 55.4 Å². The Hall–Kier alpha value is -6.49. The van der Waals surface area contributed by atoms with Gasteiger partial charge in [0.25, 0.3) is 0 Å². The van der Waals surface area contributed by atoms with Crippen molar-refractivity contribution in [1.29, 1.82) is 0 Å². The number of ether oxygens (including phenoxy) is 4. The first-order chi connectivity index (χ1) is 43.4. The number of carboxylic acid groups (broad SMARTS) is 4. The third-order valence-corrected chi connectivity index (χ3v) is 11.4. The monoisotopic (exact) mass is 1370 g/mol. The van der Waals surface area contributed by atoms with Crippen LogP contribution >= 0.6 is 0 Å². The van der Waals surface area contributed by atoms with Crippen molar-refractivity contribution in [3.63, 3.8) is 0 Å². The molecule has 0 aromatic rings. The number of carbonyl (C=O) groups excluding carboxylic acids is 16. The molecule has 0 fully saturated rings. The summed E-state index contributed by atoms with van der Waals surface area (Å²) in [6.45, 7) is 21.2. The summed E-state index contributed by atoms with van der Waals surface area (Å²) in [6, 6.07) is 0. The van der Waals surface area contributed by atoms with Gasteiger partial charge in [0.2, 0.25) is 0 Å². The fraction of sp³-hybridized carbons (Fsp3) is 0.733. The third kappa shape index (κ3) is 49.7. The summed E-state index contributed by atoms with van der Waals surface area (Å²) in [7, 11) is 0. The Morgan fingerprint density at radius 2 is 0.344 bits per heavy atom. The normalized spacial score (nSPS) is 13.0. The SMILES string of the molecule is CCCOC(=O)CC(=O)C(CC)OOC(CC)C(=O)CC(=O)[O-].CCCOC(=O)CC(=O)C(CC)OOC(CC)C(=O)CC(=O)[O-].CCCOC(=O)CC(=O)C(CC)OOC(CC)C(=O)CC(=O)[O-].CCCOC(=O)CC(=O)C(CC)OOC(CC)C(=O)CC(=O)[O-].[Ti+4]. The summed E-state index contributed by atoms with van der Waals surface area (Å²) in [5.41, 5.74) is 0. The first kappa shape index (κ1) is 95.2. The number of hydrogen-bond donors (Lipinski definition) is 0. The Morgan fingerprint density at radius 1 is 0.226 bits per heavy atom. The van der Waals surface area contributed by atoms with Gasteiger partial charge in [-0.3, -0.25) is 57.5 Å². The molecule has 0 saturated carbocycles. The van der Waals surface area contributed by atoms with Crippen LogP contribution < -0.4 is 20.4 Å². The first-order valence-electron chi connectivity index (χ1n) is 30.3. The Morgan fingerprint density at radius 3 is 0.441 bits per heavy atom. The van der Waals surface area contributed by atoms with Crippen LogP contribution in [0.3, 0.4) is 0 Å². The van der Waals surface area contributed by atoms with Crippen LogP contribution in [0.5, 0.6) is 0 Å². The van der Waals surface area contributed by atoms with Crippen molar-refractivity contribution in [3.8, 4) is 0 Å². The molecule has 32 nitrogen and oxygen atoms in total. The van der Waals surface area contributed by atoms with Crippen molar-refractivity contribution < 1.29 is 177 Å². The van der Waals surface area contributed by atoms with Gasteiger partial charge < -0.3 is 58.6 Å². The largest absolute Gasteiger partial charge is 4.00 e. The minimum absolute atomic E-state index is 0. The molecule has 0 saturated heterocycles. The van der Waals surface area contributed by atoms with E-state index in [1.165, 1.54) is 0 Å². The quantitative estimate of drug-likeness (QED) is 0.0199. The van der Waals surface area contributed by atoms with Crippen molar-refractivity contribution in [3.05, 3.63) is 0 Å². The number of carboxylic acids is 4. The van der Waals surface area contributed by atoms with Crippen LogP contribution in [0, 0.1) is 0 Å². The summed E-state index contributed by atoms with van der Waals surface area (Å²) >= 11 is 0. The van der Waals surface area contributed by atoms with E-state index in [9.17, 15) is 97.1 Å². The van der Waals surface area contributed by atoms with Gasteiger partial charge in [-0.25, -0.2) is 39.1 Å². The maximum Gasteiger partial charge on any atom is 4.00 e. The number of esters is 4. The molecular formula is C60H92O32Ti. The smallest absolute Gasteiger partial charge is 0.550 e. The number of carbonyl (C=O) groups is 16. The van der Waals surface area contributed by atoms with Crippen molar-refractivity contribution in [2.24, 2.45) is 0 Å². The molecule has 0 aliphatic carbocycles. The van der Waals surface area contributed by atoms with Crippen molar-refractivity contribution >= 4 is 94.0 Å². The van der Waals surface area contributed by atoms with E-state index in [1.807, 2.05) is 27.7 Å². The predicted molar refractivity (Wildman–Crippen MR) is 303 cm³/mol. The second-order valence-electron chi connectivity index (χ2n) is 19.5. The fourth-order valence-corrected chi connectivity index (χ4v) is 6.45. The number of aliphatic carboxylic acids is 4. The van der Waals surface area contributed by atoms with E-state index >= 15 is 0 Å². The summed E-state index contributed by atoms with van der Waals surface area (Å²) in [6.07, 6.45) is -9.36. The van der Waals surface area contributed by atoms with Crippen molar-refractivity contribution in [1.82, 2.24) is 0 Å². The molecule has 0 aliphatic rings. The summed E-state index contributed by atoms with van der Waals surface area (Å²) in [5, 5.41) is 41.6. The molecule has 0 aromatic heterocycles. The van der Waals surface area contributed by atoms with Gasteiger partial charge in [0.05, 0.1) is 26.4 Å². The summed E-state index contributed by atoms with van der Waals surface area (Å²) in [4.78, 5) is 220. The summed E-state index contributed by atoms with van der Waals surface area (Å²) in [5.74, 6) is -13.6. The molecule has 0 amide bonds. The molecular weight excluding hydrogens is 1280 g/mol. The Bertz CT molecular complexity index is 1990. The van der Waals surface area contributed by atoms with Gasteiger partial charge in [-0.15, -0.1) is 0 Å². The van der Waals surface area contributed by atoms with E-state index in [0.29, 0.717) is 25.7 Å². The second kappa shape index (κ2) is 59.3. The van der Waals surface area contributed by atoms with Gasteiger partial charge >= 0.3 is 45.6 Å². The minimum Gasteiger partial charge on any atom is -0.550 e. The molecule has 33 heteroatoms. The molecule has 8 atom stereocenters. The molecule has 0 rings (SSSR count). The van der Waals surface area contributed by atoms with Gasteiger partial charge in [0, 0.05) is 49.6 Å². The van der Waals surface area contributed by atoms with E-state index in [4.69, 9.17) is 58.0 Å². The molecule has 0 aliphatic heterocycles. The first-order valence-corrected chi connectivity index (χ1v) is 30.3. The van der Waals surface area contributed by atoms with Gasteiger partial charge in [-0.2, -0.15) is 0 Å². The summed E-state index contributed by atoms with van der Waals surface area (Å²) < 4.78 is 19.2. The van der Waals surface area contributed by atoms with E-state index in [0.717, 1.165) is 0 Å². The van der Waals surface area contributed by atoms with Crippen LogP contribution in [0.4, 0.5) is 0 Å². The maximum atomic E-state index is 11.9. The Balaban J connectivity index is -0.000000369. The number of Topliss-reactive ketones (excluding diaryl/α,β-unsaturated/α-hetero) is 8. The van der Waals surface area contributed by atoms with Crippen LogP contribution in [0.15, 0.2) is 0 Å². The molecule has 0 aromatic carbocycles. The zero-order valence-corrected chi connectivity index (χ0v) is 56.7. The average Bonchev–Trinajstić information content (AvgIpc) is 2.45. The molecule has 0 bridgehead atoms. The average molecular weight is 1370 g/mol. The molecule has 8 unspecified atom stereocenters. The van der Waals surface area contributed by atoms with Crippen LogP contribution in [-0.4, -0.2) is 169 Å². The number of rotatable bonds is 52. The van der Waals surface area contributed by atoms with Gasteiger partial charge in [-0.1, -0.05) is 83.1 Å². The standard InChI is InChI=1S/4C15H24O8.Ti/c4*1-4-7-21-15(20)9-11(17)13(6-3)23-22-12(5-2)10(16)8-14(18)19;/h4*12-13H,4-9H2,1-3H3,(H,18,19);/q;;;;+4/p-4. The molecule has 528 valence electrons. The number of ketones is 8. The zero-order valence-electron chi connectivity index (χ0n) is 55.2. The van der Waals surface area contributed by atoms with E-state index < -0.39 is 194 Å². The Labute approximate surface area is 555 Å².